The molecule has 0 bridgehead atoms. The molecule has 2 N–H and O–H groups in total. The average molecular weight is 434 g/mol. The van der Waals surface area contributed by atoms with E-state index in [2.05, 4.69) is 34.5 Å². The fourth-order valence-corrected chi connectivity index (χ4v) is 5.22. The van der Waals surface area contributed by atoms with E-state index < -0.39 is 11.9 Å². The summed E-state index contributed by atoms with van der Waals surface area (Å²) >= 11 is 0. The number of carbonyl (C=O) groups excluding carboxylic acids is 3. The summed E-state index contributed by atoms with van der Waals surface area (Å²) in [5.41, 5.74) is 3.25. The van der Waals surface area contributed by atoms with Crippen LogP contribution in [0.15, 0.2) is 42.5 Å². The highest BCUT2D eigenvalue weighted by molar-refractivity contribution is 6.05. The molecule has 0 aliphatic carbocycles. The van der Waals surface area contributed by atoms with Crippen molar-refractivity contribution in [1.29, 1.82) is 0 Å². The highest BCUT2D eigenvalue weighted by Gasteiger charge is 2.40. The molecule has 32 heavy (non-hydrogen) atoms. The third-order valence-corrected chi connectivity index (χ3v) is 7.00. The second-order valence-corrected chi connectivity index (χ2v) is 8.97. The normalized spacial score (nSPS) is 22.2. The summed E-state index contributed by atoms with van der Waals surface area (Å²) in [6, 6.07) is 13.4. The second-order valence-electron chi connectivity index (χ2n) is 8.97. The summed E-state index contributed by atoms with van der Waals surface area (Å²) in [6.07, 6.45) is 2.43. The Kier molecular flexibility index (Phi) is 5.43. The number of likely N-dealkylation sites (tertiary alicyclic amines) is 1. The SMILES string of the molecule is O=C1CCC(N2Cc3c(ccc(C4CCN(Cc5ccccc5)CC4)c3O)C2=O)C(=O)N1. The van der Waals surface area contributed by atoms with E-state index in [1.54, 1.807) is 6.07 Å². The number of piperidine rings is 2. The number of hydrogen-bond acceptors (Lipinski definition) is 5. The average Bonchev–Trinajstić information content (AvgIpc) is 3.13. The van der Waals surface area contributed by atoms with Gasteiger partial charge < -0.3 is 10.0 Å². The van der Waals surface area contributed by atoms with E-state index in [-0.39, 0.29) is 36.4 Å². The fourth-order valence-electron chi connectivity index (χ4n) is 5.22. The van der Waals surface area contributed by atoms with Crippen LogP contribution in [0.5, 0.6) is 5.75 Å². The number of aromatic hydroxyl groups is 1. The summed E-state index contributed by atoms with van der Waals surface area (Å²) in [5.74, 6) is -0.569. The molecule has 2 fully saturated rings. The number of rotatable bonds is 4. The van der Waals surface area contributed by atoms with Gasteiger partial charge in [-0.05, 0) is 55.5 Å². The maximum Gasteiger partial charge on any atom is 0.255 e. The van der Waals surface area contributed by atoms with Crippen molar-refractivity contribution in [2.75, 3.05) is 13.1 Å². The van der Waals surface area contributed by atoms with E-state index in [9.17, 15) is 19.5 Å². The first-order chi connectivity index (χ1) is 15.5. The highest BCUT2D eigenvalue weighted by Crippen LogP contribution is 2.41. The molecular formula is C25H27N3O4. The lowest BCUT2D eigenvalue weighted by molar-refractivity contribution is -0.136. The number of nitrogens with zero attached hydrogens (tertiary/aromatic N) is 2. The molecule has 166 valence electrons. The van der Waals surface area contributed by atoms with Crippen LogP contribution in [0.1, 0.15) is 58.6 Å². The molecule has 3 heterocycles. The number of nitrogens with one attached hydrogen (secondary N) is 1. The van der Waals surface area contributed by atoms with Gasteiger partial charge in [-0.2, -0.15) is 0 Å². The van der Waals surface area contributed by atoms with Crippen molar-refractivity contribution in [1.82, 2.24) is 15.1 Å². The predicted octanol–water partition coefficient (Wildman–Crippen LogP) is 2.53. The molecule has 1 atom stereocenters. The molecular weight excluding hydrogens is 406 g/mol. The monoisotopic (exact) mass is 433 g/mol. The summed E-state index contributed by atoms with van der Waals surface area (Å²) in [5, 5.41) is 13.4. The van der Waals surface area contributed by atoms with Crippen LogP contribution in [0.3, 0.4) is 0 Å². The number of phenolic OH excluding ortho intramolecular Hbond substituents is 1. The van der Waals surface area contributed by atoms with E-state index in [1.165, 1.54) is 10.5 Å². The van der Waals surface area contributed by atoms with Crippen LogP contribution in [0.2, 0.25) is 0 Å². The quantitative estimate of drug-likeness (QED) is 0.724. The molecule has 5 rings (SSSR count). The van der Waals surface area contributed by atoms with Gasteiger partial charge in [0.15, 0.2) is 0 Å². The zero-order chi connectivity index (χ0) is 22.2. The molecule has 0 saturated carbocycles. The van der Waals surface area contributed by atoms with Crippen molar-refractivity contribution in [3.63, 3.8) is 0 Å². The number of amides is 3. The van der Waals surface area contributed by atoms with Crippen molar-refractivity contribution in [2.24, 2.45) is 0 Å². The third kappa shape index (κ3) is 3.77. The molecule has 2 aromatic carbocycles. The van der Waals surface area contributed by atoms with Gasteiger partial charge in [-0.1, -0.05) is 36.4 Å². The summed E-state index contributed by atoms with van der Waals surface area (Å²) < 4.78 is 0. The van der Waals surface area contributed by atoms with Crippen molar-refractivity contribution in [3.05, 3.63) is 64.7 Å². The lowest BCUT2D eigenvalue weighted by atomic mass is 9.87. The molecule has 0 radical (unpaired) electrons. The van der Waals surface area contributed by atoms with Crippen LogP contribution in [0.4, 0.5) is 0 Å². The summed E-state index contributed by atoms with van der Waals surface area (Å²) in [6.45, 7) is 3.04. The fraction of sp³-hybridized carbons (Fsp3) is 0.400. The Morgan fingerprint density at radius 3 is 2.44 bits per heavy atom. The van der Waals surface area contributed by atoms with Crippen molar-refractivity contribution < 1.29 is 19.5 Å². The van der Waals surface area contributed by atoms with Crippen LogP contribution in [0, 0.1) is 0 Å². The van der Waals surface area contributed by atoms with Gasteiger partial charge in [0.05, 0.1) is 6.54 Å². The molecule has 0 spiro atoms. The maximum absolute atomic E-state index is 12.9. The van der Waals surface area contributed by atoms with Crippen LogP contribution in [-0.2, 0) is 22.7 Å². The van der Waals surface area contributed by atoms with E-state index in [4.69, 9.17) is 0 Å². The van der Waals surface area contributed by atoms with Gasteiger partial charge in [0.1, 0.15) is 11.8 Å². The Hall–Kier alpha value is -3.19. The Morgan fingerprint density at radius 2 is 1.72 bits per heavy atom. The van der Waals surface area contributed by atoms with Crippen molar-refractivity contribution in [3.8, 4) is 5.75 Å². The number of fused-ring (bicyclic) bond motifs is 1. The Bertz CT molecular complexity index is 1060. The molecule has 1 unspecified atom stereocenters. The molecule has 7 nitrogen and oxygen atoms in total. The molecule has 2 aromatic rings. The standard InChI is InChI=1S/C25H27N3O4/c29-22-9-8-21(24(31)26-22)28-15-20-19(25(28)32)7-6-18(23(20)30)17-10-12-27(13-11-17)14-16-4-2-1-3-5-16/h1-7,17,21,30H,8-15H2,(H,26,29,31). The van der Waals surface area contributed by atoms with Gasteiger partial charge in [0.25, 0.3) is 5.91 Å². The zero-order valence-corrected chi connectivity index (χ0v) is 17.9. The van der Waals surface area contributed by atoms with Gasteiger partial charge >= 0.3 is 0 Å². The molecule has 0 aromatic heterocycles. The highest BCUT2D eigenvalue weighted by atomic mass is 16.3. The topological polar surface area (TPSA) is 90.0 Å². The van der Waals surface area contributed by atoms with Gasteiger partial charge in [0.2, 0.25) is 11.8 Å². The van der Waals surface area contributed by atoms with E-state index >= 15 is 0 Å². The molecule has 3 aliphatic heterocycles. The van der Waals surface area contributed by atoms with Crippen molar-refractivity contribution in [2.45, 2.75) is 50.7 Å². The maximum atomic E-state index is 12.9. The summed E-state index contributed by atoms with van der Waals surface area (Å²) in [4.78, 5) is 40.6. The molecule has 3 aliphatic rings. The van der Waals surface area contributed by atoms with Crippen LogP contribution in [-0.4, -0.2) is 51.8 Å². The second kappa shape index (κ2) is 8.39. The third-order valence-electron chi connectivity index (χ3n) is 7.00. The smallest absolute Gasteiger partial charge is 0.255 e. The number of hydrogen-bond donors (Lipinski definition) is 2. The van der Waals surface area contributed by atoms with Gasteiger partial charge in [-0.15, -0.1) is 0 Å². The van der Waals surface area contributed by atoms with E-state index in [0.29, 0.717) is 17.5 Å². The molecule has 3 amide bonds. The first kappa shape index (κ1) is 20.7. The van der Waals surface area contributed by atoms with E-state index in [0.717, 1.165) is 38.0 Å². The van der Waals surface area contributed by atoms with Crippen LogP contribution >= 0.6 is 0 Å². The van der Waals surface area contributed by atoms with E-state index in [1.807, 2.05) is 12.1 Å². The Balaban J connectivity index is 1.28. The lowest BCUT2D eigenvalue weighted by Gasteiger charge is -2.32. The number of carbonyl (C=O) groups is 3. The van der Waals surface area contributed by atoms with Crippen LogP contribution in [0.25, 0.3) is 0 Å². The minimum atomic E-state index is -0.670. The zero-order valence-electron chi connectivity index (χ0n) is 17.9. The number of benzene rings is 2. The molecule has 2 saturated heterocycles. The van der Waals surface area contributed by atoms with Crippen molar-refractivity contribution >= 4 is 17.7 Å². The largest absolute Gasteiger partial charge is 0.507 e. The predicted molar refractivity (Wildman–Crippen MR) is 118 cm³/mol. The molecule has 7 heteroatoms. The number of imide groups is 1. The Labute approximate surface area is 187 Å². The van der Waals surface area contributed by atoms with Crippen LogP contribution < -0.4 is 5.32 Å². The van der Waals surface area contributed by atoms with Gasteiger partial charge in [0, 0.05) is 24.1 Å². The minimum Gasteiger partial charge on any atom is -0.507 e. The summed E-state index contributed by atoms with van der Waals surface area (Å²) in [7, 11) is 0. The first-order valence-corrected chi connectivity index (χ1v) is 11.3. The van der Waals surface area contributed by atoms with Gasteiger partial charge in [-0.3, -0.25) is 24.6 Å². The lowest BCUT2D eigenvalue weighted by Crippen LogP contribution is -2.52. The van der Waals surface area contributed by atoms with Gasteiger partial charge in [-0.25, -0.2) is 0 Å². The Morgan fingerprint density at radius 1 is 0.969 bits per heavy atom. The first-order valence-electron chi connectivity index (χ1n) is 11.3. The number of phenols is 1. The minimum absolute atomic E-state index is 0.187.